The molecule has 9 heteroatoms. The number of likely N-dealkylation sites (N-methyl/N-ethyl adjacent to an activating group) is 1. The summed E-state index contributed by atoms with van der Waals surface area (Å²) in [5.74, 6) is 0.539. The van der Waals surface area contributed by atoms with E-state index in [1.165, 1.54) is 4.88 Å². The molecule has 2 N–H and O–H groups in total. The van der Waals surface area contributed by atoms with Crippen LogP contribution >= 0.6 is 35.3 Å². The summed E-state index contributed by atoms with van der Waals surface area (Å²) in [6.07, 6.45) is -0.266. The minimum atomic E-state index is -0.475. The van der Waals surface area contributed by atoms with Crippen molar-refractivity contribution in [2.24, 2.45) is 10.7 Å². The second-order valence-corrected chi connectivity index (χ2v) is 8.63. The van der Waals surface area contributed by atoms with Gasteiger partial charge in [-0.25, -0.2) is 4.79 Å². The van der Waals surface area contributed by atoms with Crippen LogP contribution in [0.5, 0.6) is 0 Å². The van der Waals surface area contributed by atoms with Crippen LogP contribution in [0.15, 0.2) is 22.5 Å². The molecule has 0 saturated carbocycles. The number of rotatable bonds is 4. The molecule has 0 aromatic carbocycles. The number of aliphatic imine (C=N–C) groups is 1. The standard InChI is InChI=1S/C18H31N5O2S.HI/c1-18(2,3)25-17(24)23-10-8-22(9-11-23)16(19)20-13-14(21(4)5)15-7-6-12-26-15;/h6-7,12,14H,8-11,13H2,1-5H3,(H2,19,20);1H. The van der Waals surface area contributed by atoms with Crippen molar-refractivity contribution in [3.63, 3.8) is 0 Å². The second kappa shape index (κ2) is 10.5. The Morgan fingerprint density at radius 3 is 2.37 bits per heavy atom. The van der Waals surface area contributed by atoms with E-state index in [-0.39, 0.29) is 36.1 Å². The number of nitrogens with zero attached hydrogens (tertiary/aromatic N) is 4. The first kappa shape index (κ1) is 24.0. The number of piperazine rings is 1. The summed E-state index contributed by atoms with van der Waals surface area (Å²) < 4.78 is 5.42. The molecule has 1 aromatic heterocycles. The molecule has 0 aliphatic carbocycles. The van der Waals surface area contributed by atoms with Crippen molar-refractivity contribution < 1.29 is 9.53 Å². The van der Waals surface area contributed by atoms with E-state index in [2.05, 4.69) is 41.5 Å². The zero-order valence-corrected chi connectivity index (χ0v) is 20.0. The van der Waals surface area contributed by atoms with Crippen molar-refractivity contribution in [2.45, 2.75) is 32.4 Å². The lowest BCUT2D eigenvalue weighted by Crippen LogP contribution is -2.53. The van der Waals surface area contributed by atoms with Crippen LogP contribution in [0.2, 0.25) is 0 Å². The highest BCUT2D eigenvalue weighted by molar-refractivity contribution is 14.0. The van der Waals surface area contributed by atoms with Crippen molar-refractivity contribution in [1.82, 2.24) is 14.7 Å². The Hall–Kier alpha value is -1.07. The Morgan fingerprint density at radius 1 is 1.30 bits per heavy atom. The summed E-state index contributed by atoms with van der Waals surface area (Å²) in [4.78, 5) is 23.9. The maximum absolute atomic E-state index is 12.1. The second-order valence-electron chi connectivity index (χ2n) is 7.65. The van der Waals surface area contributed by atoms with E-state index in [1.54, 1.807) is 16.2 Å². The molecular formula is C18H32IN5O2S. The SMILES string of the molecule is CN(C)C(CN=C(N)N1CCN(C(=O)OC(C)(C)C)CC1)c1cccs1.I. The highest BCUT2D eigenvalue weighted by Crippen LogP contribution is 2.23. The van der Waals surface area contributed by atoms with Crippen molar-refractivity contribution in [3.8, 4) is 0 Å². The first-order chi connectivity index (χ1) is 12.2. The number of hydrogen-bond donors (Lipinski definition) is 1. The zero-order chi connectivity index (χ0) is 19.3. The number of halogens is 1. The third kappa shape index (κ3) is 7.46. The van der Waals surface area contributed by atoms with Gasteiger partial charge in [0.05, 0.1) is 12.6 Å². The predicted octanol–water partition coefficient (Wildman–Crippen LogP) is 2.84. The average molecular weight is 509 g/mol. The normalized spacial score (nSPS) is 16.9. The van der Waals surface area contributed by atoms with Gasteiger partial charge in [0.2, 0.25) is 0 Å². The summed E-state index contributed by atoms with van der Waals surface area (Å²) in [5, 5.41) is 2.08. The molecule has 1 atom stereocenters. The zero-order valence-electron chi connectivity index (χ0n) is 16.8. The molecule has 7 nitrogen and oxygen atoms in total. The summed E-state index contributed by atoms with van der Waals surface area (Å²) in [5.41, 5.74) is 5.73. The van der Waals surface area contributed by atoms with Crippen molar-refractivity contribution in [2.75, 3.05) is 46.8 Å². The fourth-order valence-electron chi connectivity index (χ4n) is 2.71. The van der Waals surface area contributed by atoms with Crippen molar-refractivity contribution in [1.29, 1.82) is 0 Å². The van der Waals surface area contributed by atoms with Crippen LogP contribution in [0, 0.1) is 0 Å². The lowest BCUT2D eigenvalue weighted by atomic mass is 10.2. The first-order valence-electron chi connectivity index (χ1n) is 8.90. The molecule has 27 heavy (non-hydrogen) atoms. The van der Waals surface area contributed by atoms with Crippen LogP contribution in [-0.2, 0) is 4.74 Å². The average Bonchev–Trinajstić information content (AvgIpc) is 3.07. The number of guanidine groups is 1. The maximum Gasteiger partial charge on any atom is 0.410 e. The number of ether oxygens (including phenoxy) is 1. The molecule has 0 spiro atoms. The summed E-state index contributed by atoms with van der Waals surface area (Å²) in [7, 11) is 4.10. The first-order valence-corrected chi connectivity index (χ1v) is 9.78. The molecule has 1 fully saturated rings. The number of thiophene rings is 1. The summed E-state index contributed by atoms with van der Waals surface area (Å²) >= 11 is 1.73. The molecule has 0 radical (unpaired) electrons. The molecule has 154 valence electrons. The lowest BCUT2D eigenvalue weighted by molar-refractivity contribution is 0.0186. The summed E-state index contributed by atoms with van der Waals surface area (Å²) in [6.45, 7) is 8.76. The molecule has 1 amide bonds. The molecule has 1 unspecified atom stereocenters. The van der Waals surface area contributed by atoms with Crippen LogP contribution in [-0.4, -0.2) is 79.2 Å². The number of carbonyl (C=O) groups excluding carboxylic acids is 1. The van der Waals surface area contributed by atoms with Crippen LogP contribution in [0.4, 0.5) is 4.79 Å². The van der Waals surface area contributed by atoms with E-state index >= 15 is 0 Å². The topological polar surface area (TPSA) is 74.4 Å². The Bertz CT molecular complexity index is 608. The largest absolute Gasteiger partial charge is 0.444 e. The highest BCUT2D eigenvalue weighted by atomic mass is 127. The Kier molecular flexibility index (Phi) is 9.29. The van der Waals surface area contributed by atoms with E-state index in [1.807, 2.05) is 25.7 Å². The molecule has 0 bridgehead atoms. The number of carbonyl (C=O) groups is 1. The van der Waals surface area contributed by atoms with E-state index in [4.69, 9.17) is 10.5 Å². The molecule has 1 aromatic rings. The van der Waals surface area contributed by atoms with Gasteiger partial charge in [0.1, 0.15) is 5.60 Å². The minimum absolute atomic E-state index is 0. The summed E-state index contributed by atoms with van der Waals surface area (Å²) in [6, 6.07) is 4.40. The van der Waals surface area contributed by atoms with Gasteiger partial charge in [0.15, 0.2) is 5.96 Å². The van der Waals surface area contributed by atoms with Crippen LogP contribution in [0.3, 0.4) is 0 Å². The molecule has 2 heterocycles. The van der Waals surface area contributed by atoms with E-state index in [0.717, 1.165) is 0 Å². The van der Waals surface area contributed by atoms with Gasteiger partial charge in [-0.05, 0) is 46.3 Å². The minimum Gasteiger partial charge on any atom is -0.444 e. The van der Waals surface area contributed by atoms with Gasteiger partial charge in [-0.15, -0.1) is 35.3 Å². The third-order valence-electron chi connectivity index (χ3n) is 4.18. The molecule has 2 rings (SSSR count). The van der Waals surface area contributed by atoms with Crippen LogP contribution in [0.1, 0.15) is 31.7 Å². The molecule has 1 saturated heterocycles. The van der Waals surface area contributed by atoms with Crippen LogP contribution in [0.25, 0.3) is 0 Å². The Balaban J connectivity index is 0.00000364. The monoisotopic (exact) mass is 509 g/mol. The van der Waals surface area contributed by atoms with Crippen molar-refractivity contribution in [3.05, 3.63) is 22.4 Å². The fraction of sp³-hybridized carbons (Fsp3) is 0.667. The fourth-order valence-corrected chi connectivity index (χ4v) is 3.63. The Labute approximate surface area is 183 Å². The molecule has 1 aliphatic heterocycles. The van der Waals surface area contributed by atoms with Gasteiger partial charge in [0.25, 0.3) is 0 Å². The number of amides is 1. The van der Waals surface area contributed by atoms with Gasteiger partial charge in [0, 0.05) is 31.1 Å². The van der Waals surface area contributed by atoms with E-state index in [0.29, 0.717) is 38.7 Å². The maximum atomic E-state index is 12.1. The van der Waals surface area contributed by atoms with Gasteiger partial charge in [-0.3, -0.25) is 4.99 Å². The van der Waals surface area contributed by atoms with Gasteiger partial charge >= 0.3 is 6.09 Å². The number of nitrogens with two attached hydrogens (primary N) is 1. The van der Waals surface area contributed by atoms with E-state index in [9.17, 15) is 4.79 Å². The quantitative estimate of drug-likeness (QED) is 0.384. The number of hydrogen-bond acceptors (Lipinski definition) is 5. The molecule has 1 aliphatic rings. The predicted molar refractivity (Wildman–Crippen MR) is 122 cm³/mol. The Morgan fingerprint density at radius 2 is 1.89 bits per heavy atom. The van der Waals surface area contributed by atoms with Gasteiger partial charge in [-0.2, -0.15) is 0 Å². The van der Waals surface area contributed by atoms with Gasteiger partial charge in [-0.1, -0.05) is 6.07 Å². The van der Waals surface area contributed by atoms with Gasteiger partial charge < -0.3 is 25.2 Å². The highest BCUT2D eigenvalue weighted by Gasteiger charge is 2.26. The van der Waals surface area contributed by atoms with Crippen LogP contribution < -0.4 is 5.73 Å². The smallest absolute Gasteiger partial charge is 0.410 e. The molecular weight excluding hydrogens is 477 g/mol. The van der Waals surface area contributed by atoms with E-state index < -0.39 is 5.60 Å². The third-order valence-corrected chi connectivity index (χ3v) is 5.15. The van der Waals surface area contributed by atoms with Crippen molar-refractivity contribution >= 4 is 47.4 Å². The lowest BCUT2D eigenvalue weighted by Gasteiger charge is -2.36.